The number of hydrogen-bond acceptors (Lipinski definition) is 3. The summed E-state index contributed by atoms with van der Waals surface area (Å²) in [7, 11) is 0. The van der Waals surface area contributed by atoms with Gasteiger partial charge in [0.1, 0.15) is 6.66 Å². The Morgan fingerprint density at radius 1 is 1.38 bits per heavy atom. The summed E-state index contributed by atoms with van der Waals surface area (Å²) in [5.74, 6) is 0. The molecule has 0 spiro atoms. The summed E-state index contributed by atoms with van der Waals surface area (Å²) in [5, 5.41) is 0. The highest BCUT2D eigenvalue weighted by Gasteiger charge is 2.33. The van der Waals surface area contributed by atoms with E-state index in [1.807, 2.05) is 6.66 Å². The van der Waals surface area contributed by atoms with E-state index in [1.165, 1.54) is 0 Å². The molecular weight excluding hydrogens is 143 g/mol. The first-order valence-electron chi connectivity index (χ1n) is 2.59. The van der Waals surface area contributed by atoms with E-state index < -0.39 is 6.92 Å². The highest BCUT2D eigenvalue weighted by molar-refractivity contribution is 8.49. The number of thiol groups is 1. The first-order chi connectivity index (χ1) is 3.71. The second-order valence-electron chi connectivity index (χ2n) is 1.82. The van der Waals surface area contributed by atoms with Gasteiger partial charge in [0.2, 0.25) is 0 Å². The molecule has 1 aliphatic heterocycles. The monoisotopic (exact) mass is 153 g/mol. The van der Waals surface area contributed by atoms with Crippen LogP contribution in [0, 0.1) is 0 Å². The summed E-state index contributed by atoms with van der Waals surface area (Å²) < 4.78 is 10.4. The van der Waals surface area contributed by atoms with Crippen LogP contribution in [-0.2, 0) is 9.05 Å². The Morgan fingerprint density at radius 2 is 1.88 bits per heavy atom. The molecule has 0 radical (unpaired) electrons. The van der Waals surface area contributed by atoms with Gasteiger partial charge in [-0.05, 0) is 0 Å². The van der Waals surface area contributed by atoms with Gasteiger partial charge in [-0.1, -0.05) is 0 Å². The standard InChI is InChI=1S/C4H10O2PS/c1-7(8)5-3-2-4-6-7/h8H,2-4H2,1H3/q+1. The van der Waals surface area contributed by atoms with Crippen LogP contribution in [-0.4, -0.2) is 19.9 Å². The fourth-order valence-electron chi connectivity index (χ4n) is 0.564. The molecule has 0 aromatic heterocycles. The van der Waals surface area contributed by atoms with E-state index in [1.54, 1.807) is 0 Å². The van der Waals surface area contributed by atoms with Crippen LogP contribution in [0.25, 0.3) is 0 Å². The molecule has 1 rings (SSSR count). The van der Waals surface area contributed by atoms with E-state index in [4.69, 9.17) is 9.05 Å². The Bertz CT molecular complexity index is 78.1. The van der Waals surface area contributed by atoms with Crippen LogP contribution < -0.4 is 0 Å². The van der Waals surface area contributed by atoms with E-state index in [9.17, 15) is 0 Å². The van der Waals surface area contributed by atoms with Crippen molar-refractivity contribution in [2.75, 3.05) is 19.9 Å². The molecule has 0 atom stereocenters. The highest BCUT2D eigenvalue weighted by Crippen LogP contribution is 2.63. The number of rotatable bonds is 0. The zero-order valence-corrected chi connectivity index (χ0v) is 6.62. The quantitative estimate of drug-likeness (QED) is 0.422. The molecule has 0 amide bonds. The van der Waals surface area contributed by atoms with Crippen LogP contribution >= 0.6 is 19.2 Å². The van der Waals surface area contributed by atoms with Crippen LogP contribution in [0.2, 0.25) is 0 Å². The van der Waals surface area contributed by atoms with Crippen molar-refractivity contribution < 1.29 is 9.05 Å². The van der Waals surface area contributed by atoms with Crippen molar-refractivity contribution >= 4 is 19.2 Å². The van der Waals surface area contributed by atoms with Crippen molar-refractivity contribution in [1.29, 1.82) is 0 Å². The maximum absolute atomic E-state index is 5.22. The predicted octanol–water partition coefficient (Wildman–Crippen LogP) is 1.75. The number of hydrogen-bond donors (Lipinski definition) is 1. The summed E-state index contributed by atoms with van der Waals surface area (Å²) in [6.45, 7) is 1.90. The molecule has 1 fully saturated rings. The smallest absolute Gasteiger partial charge is 0.195 e. The van der Waals surface area contributed by atoms with Gasteiger partial charge in [0.15, 0.2) is 0 Å². The highest BCUT2D eigenvalue weighted by atomic mass is 32.7. The summed E-state index contributed by atoms with van der Waals surface area (Å²) in [6, 6.07) is 0. The van der Waals surface area contributed by atoms with Gasteiger partial charge in [0, 0.05) is 6.42 Å². The topological polar surface area (TPSA) is 18.5 Å². The van der Waals surface area contributed by atoms with Gasteiger partial charge >= 0.3 is 6.92 Å². The lowest BCUT2D eigenvalue weighted by molar-refractivity contribution is 0.181. The van der Waals surface area contributed by atoms with Gasteiger partial charge in [-0.2, -0.15) is 9.05 Å². The molecule has 1 aliphatic rings. The van der Waals surface area contributed by atoms with Gasteiger partial charge in [0.05, 0.1) is 25.5 Å². The van der Waals surface area contributed by atoms with Crippen molar-refractivity contribution in [3.63, 3.8) is 0 Å². The Morgan fingerprint density at radius 3 is 2.12 bits per heavy atom. The Balaban J connectivity index is 2.33. The molecular formula is C4H10O2PS+. The second-order valence-corrected chi connectivity index (χ2v) is 6.13. The molecule has 4 heteroatoms. The van der Waals surface area contributed by atoms with Gasteiger partial charge < -0.3 is 0 Å². The fourth-order valence-corrected chi connectivity index (χ4v) is 2.06. The molecule has 0 aliphatic carbocycles. The maximum Gasteiger partial charge on any atom is 0.327 e. The van der Waals surface area contributed by atoms with E-state index >= 15 is 0 Å². The summed E-state index contributed by atoms with van der Waals surface area (Å²) in [6.07, 6.45) is 1.01. The SMILES string of the molecule is C[P+]1(S)OCCCO1. The Labute approximate surface area is 55.2 Å². The van der Waals surface area contributed by atoms with Crippen LogP contribution in [0.1, 0.15) is 6.42 Å². The third-order valence-electron chi connectivity index (χ3n) is 0.950. The predicted molar refractivity (Wildman–Crippen MR) is 38.4 cm³/mol. The molecule has 48 valence electrons. The molecule has 0 N–H and O–H groups in total. The van der Waals surface area contributed by atoms with Crippen molar-refractivity contribution in [1.82, 2.24) is 0 Å². The Hall–Kier alpha value is 0.700. The van der Waals surface area contributed by atoms with Crippen molar-refractivity contribution in [2.45, 2.75) is 6.42 Å². The minimum atomic E-state index is -1.64. The summed E-state index contributed by atoms with van der Waals surface area (Å²) in [4.78, 5) is 0. The Kier molecular flexibility index (Phi) is 2.15. The summed E-state index contributed by atoms with van der Waals surface area (Å²) in [5.41, 5.74) is 0. The first kappa shape index (κ1) is 6.81. The third kappa shape index (κ3) is 1.90. The van der Waals surface area contributed by atoms with Crippen LogP contribution in [0.15, 0.2) is 0 Å². The minimum absolute atomic E-state index is 0.813. The van der Waals surface area contributed by atoms with Crippen LogP contribution in [0.4, 0.5) is 0 Å². The van der Waals surface area contributed by atoms with Gasteiger partial charge in [-0.3, -0.25) is 0 Å². The molecule has 0 unspecified atom stereocenters. The van der Waals surface area contributed by atoms with Gasteiger partial charge in [-0.15, -0.1) is 0 Å². The molecule has 2 nitrogen and oxygen atoms in total. The van der Waals surface area contributed by atoms with Crippen molar-refractivity contribution in [3.05, 3.63) is 0 Å². The lowest BCUT2D eigenvalue weighted by Gasteiger charge is -2.17. The molecule has 8 heavy (non-hydrogen) atoms. The van der Waals surface area contributed by atoms with Gasteiger partial charge in [0.25, 0.3) is 0 Å². The zero-order valence-electron chi connectivity index (χ0n) is 4.83. The molecule has 0 saturated carbocycles. The zero-order chi connectivity index (χ0) is 6.04. The largest absolute Gasteiger partial charge is 0.327 e. The van der Waals surface area contributed by atoms with E-state index in [2.05, 4.69) is 12.2 Å². The average Bonchev–Trinajstić information content (AvgIpc) is 1.65. The molecule has 1 saturated heterocycles. The lowest BCUT2D eigenvalue weighted by atomic mass is 10.5. The molecule has 1 heterocycles. The molecule has 0 bridgehead atoms. The van der Waals surface area contributed by atoms with Crippen molar-refractivity contribution in [3.8, 4) is 0 Å². The summed E-state index contributed by atoms with van der Waals surface area (Å²) >= 11 is 4.18. The van der Waals surface area contributed by atoms with E-state index in [0.717, 1.165) is 19.6 Å². The minimum Gasteiger partial charge on any atom is -0.195 e. The lowest BCUT2D eigenvalue weighted by Crippen LogP contribution is -2.08. The van der Waals surface area contributed by atoms with E-state index in [-0.39, 0.29) is 0 Å². The molecule has 0 aromatic carbocycles. The average molecular weight is 153 g/mol. The van der Waals surface area contributed by atoms with Gasteiger partial charge in [-0.25, -0.2) is 0 Å². The van der Waals surface area contributed by atoms with Crippen LogP contribution in [0.3, 0.4) is 0 Å². The first-order valence-corrected chi connectivity index (χ1v) is 5.81. The maximum atomic E-state index is 5.22. The second kappa shape index (κ2) is 2.53. The van der Waals surface area contributed by atoms with Crippen molar-refractivity contribution in [2.24, 2.45) is 0 Å². The molecule has 0 aromatic rings. The normalized spacial score (nSPS) is 27.8. The van der Waals surface area contributed by atoms with Crippen LogP contribution in [0.5, 0.6) is 0 Å². The fraction of sp³-hybridized carbons (Fsp3) is 1.00. The van der Waals surface area contributed by atoms with E-state index in [0.29, 0.717) is 0 Å². The third-order valence-corrected chi connectivity index (χ3v) is 2.97.